The fraction of sp³-hybridized carbons (Fsp3) is 0.419. The molecule has 0 spiro atoms. The number of aliphatic hydroxyl groups is 1. The molecule has 0 unspecified atom stereocenters. The van der Waals surface area contributed by atoms with Gasteiger partial charge in [0.15, 0.2) is 11.5 Å². The molecule has 0 saturated heterocycles. The van der Waals surface area contributed by atoms with Crippen molar-refractivity contribution >= 4 is 11.8 Å². The summed E-state index contributed by atoms with van der Waals surface area (Å²) in [6.07, 6.45) is 15.1. The summed E-state index contributed by atoms with van der Waals surface area (Å²) in [4.78, 5) is 24.9. The number of carbonyl (C=O) groups excluding carboxylic acids is 2. The molecule has 1 aromatic carbocycles. The van der Waals surface area contributed by atoms with Gasteiger partial charge >= 0.3 is 0 Å². The van der Waals surface area contributed by atoms with Crippen LogP contribution < -0.4 is 20.1 Å². The lowest BCUT2D eigenvalue weighted by Gasteiger charge is -2.32. The second-order valence-electron chi connectivity index (χ2n) is 10.6. The fourth-order valence-corrected chi connectivity index (χ4v) is 4.66. The van der Waals surface area contributed by atoms with E-state index in [2.05, 4.69) is 43.6 Å². The molecular formula is C31H40N2O5. The molecule has 3 N–H and O–H groups in total. The van der Waals surface area contributed by atoms with Crippen molar-refractivity contribution in [1.82, 2.24) is 10.6 Å². The number of hydrogen-bond acceptors (Lipinski definition) is 5. The number of allylic oxidation sites excluding steroid dienone is 9. The quantitative estimate of drug-likeness (QED) is 0.297. The Hall–Kier alpha value is -3.58. The van der Waals surface area contributed by atoms with Gasteiger partial charge in [-0.05, 0) is 74.3 Å². The standard InChI is InChI=1S/C31H40N2O5/c1-21(11-13-25-23(3)10-7-15-31(25,4)5)8-6-9-22(2)16-29(35)33-26(19-34)30(36)32-18-24-12-14-27-28(17-24)38-20-37-27/h6,8-9,11-14,16-17,26,34H,7,10,15,18-20H2,1-5H3,(H,32,36)(H,33,35)/t26-/m0/s1. The number of nitrogens with one attached hydrogen (secondary N) is 2. The molecule has 1 aromatic rings. The van der Waals surface area contributed by atoms with E-state index in [4.69, 9.17) is 9.47 Å². The van der Waals surface area contributed by atoms with E-state index >= 15 is 0 Å². The lowest BCUT2D eigenvalue weighted by Crippen LogP contribution is -2.48. The molecule has 2 amide bonds. The first kappa shape index (κ1) is 29.0. The van der Waals surface area contributed by atoms with Gasteiger partial charge in [0.1, 0.15) is 6.04 Å². The molecule has 1 heterocycles. The minimum atomic E-state index is -1.06. The van der Waals surface area contributed by atoms with Crippen molar-refractivity contribution in [2.75, 3.05) is 13.4 Å². The Morgan fingerprint density at radius 1 is 1.13 bits per heavy atom. The Bertz CT molecular complexity index is 1190. The zero-order valence-corrected chi connectivity index (χ0v) is 23.1. The van der Waals surface area contributed by atoms with E-state index < -0.39 is 24.5 Å². The number of rotatable bonds is 10. The maximum atomic E-state index is 12.5. The Balaban J connectivity index is 1.50. The van der Waals surface area contributed by atoms with Crippen LogP contribution in [0.25, 0.3) is 0 Å². The molecule has 204 valence electrons. The SMILES string of the molecule is CC(C=CC1=C(C)CCCC1(C)C)=CC=CC(C)=CC(=O)N[C@@H](CO)C(=O)NCc1ccc2c(c1)OCO2. The van der Waals surface area contributed by atoms with Gasteiger partial charge in [0.05, 0.1) is 6.61 Å². The third-order valence-electron chi connectivity index (χ3n) is 6.85. The smallest absolute Gasteiger partial charge is 0.245 e. The number of hydrogen-bond donors (Lipinski definition) is 3. The average Bonchev–Trinajstić information content (AvgIpc) is 3.33. The van der Waals surface area contributed by atoms with Crippen LogP contribution in [0.1, 0.15) is 59.4 Å². The molecule has 2 aliphatic rings. The minimum absolute atomic E-state index is 0.176. The summed E-state index contributed by atoms with van der Waals surface area (Å²) in [5, 5.41) is 14.9. The van der Waals surface area contributed by atoms with Crippen LogP contribution in [-0.4, -0.2) is 36.4 Å². The summed E-state index contributed by atoms with van der Waals surface area (Å²) in [7, 11) is 0. The molecule has 1 atom stereocenters. The van der Waals surface area contributed by atoms with Crippen LogP contribution in [-0.2, 0) is 16.1 Å². The number of benzene rings is 1. The molecule has 7 heteroatoms. The van der Waals surface area contributed by atoms with Crippen molar-refractivity contribution in [2.45, 2.75) is 66.5 Å². The van der Waals surface area contributed by atoms with Gasteiger partial charge in [-0.15, -0.1) is 0 Å². The maximum Gasteiger partial charge on any atom is 0.245 e. The zero-order chi connectivity index (χ0) is 27.7. The maximum absolute atomic E-state index is 12.5. The Labute approximate surface area is 226 Å². The second kappa shape index (κ2) is 13.3. The topological polar surface area (TPSA) is 96.9 Å². The molecule has 0 saturated carbocycles. The number of aliphatic hydroxyl groups excluding tert-OH is 1. The van der Waals surface area contributed by atoms with E-state index in [1.54, 1.807) is 12.1 Å². The minimum Gasteiger partial charge on any atom is -0.454 e. The summed E-state index contributed by atoms with van der Waals surface area (Å²) in [5.41, 5.74) is 5.75. The highest BCUT2D eigenvalue weighted by molar-refractivity contribution is 5.93. The predicted octanol–water partition coefficient (Wildman–Crippen LogP) is 5.04. The molecule has 0 fully saturated rings. The van der Waals surface area contributed by atoms with E-state index in [9.17, 15) is 14.7 Å². The first-order valence-electron chi connectivity index (χ1n) is 13.1. The number of amides is 2. The Morgan fingerprint density at radius 2 is 1.89 bits per heavy atom. The lowest BCUT2D eigenvalue weighted by atomic mass is 9.72. The van der Waals surface area contributed by atoms with Crippen LogP contribution in [0.15, 0.2) is 76.9 Å². The summed E-state index contributed by atoms with van der Waals surface area (Å²) in [5.74, 6) is 0.359. The second-order valence-corrected chi connectivity index (χ2v) is 10.6. The molecule has 0 bridgehead atoms. The molecule has 1 aliphatic carbocycles. The number of fused-ring (bicyclic) bond motifs is 1. The first-order valence-corrected chi connectivity index (χ1v) is 13.1. The number of carbonyl (C=O) groups is 2. The molecule has 1 aliphatic heterocycles. The summed E-state index contributed by atoms with van der Waals surface area (Å²) >= 11 is 0. The van der Waals surface area contributed by atoms with Crippen LogP contribution in [0, 0.1) is 5.41 Å². The van der Waals surface area contributed by atoms with E-state index in [1.807, 2.05) is 38.1 Å². The Kier molecular flexibility index (Phi) is 10.1. The zero-order valence-electron chi connectivity index (χ0n) is 23.1. The highest BCUT2D eigenvalue weighted by Crippen LogP contribution is 2.40. The van der Waals surface area contributed by atoms with Gasteiger partial charge in [-0.2, -0.15) is 0 Å². The highest BCUT2D eigenvalue weighted by Gasteiger charge is 2.26. The van der Waals surface area contributed by atoms with Crippen LogP contribution in [0.5, 0.6) is 11.5 Å². The first-order chi connectivity index (χ1) is 18.1. The van der Waals surface area contributed by atoms with E-state index in [0.29, 0.717) is 11.5 Å². The van der Waals surface area contributed by atoms with Crippen molar-refractivity contribution in [3.8, 4) is 11.5 Å². The Morgan fingerprint density at radius 3 is 2.63 bits per heavy atom. The average molecular weight is 521 g/mol. The van der Waals surface area contributed by atoms with E-state index in [0.717, 1.165) is 23.1 Å². The van der Waals surface area contributed by atoms with Gasteiger partial charge in [-0.25, -0.2) is 0 Å². The van der Waals surface area contributed by atoms with Crippen molar-refractivity contribution in [1.29, 1.82) is 0 Å². The van der Waals surface area contributed by atoms with Gasteiger partial charge in [0.2, 0.25) is 18.6 Å². The van der Waals surface area contributed by atoms with Gasteiger partial charge in [0.25, 0.3) is 0 Å². The normalized spacial score (nSPS) is 18.3. The third-order valence-corrected chi connectivity index (χ3v) is 6.85. The highest BCUT2D eigenvalue weighted by atomic mass is 16.7. The molecule has 0 aromatic heterocycles. The molecule has 3 rings (SSSR count). The van der Waals surface area contributed by atoms with Crippen LogP contribution >= 0.6 is 0 Å². The van der Waals surface area contributed by atoms with Gasteiger partial charge in [-0.3, -0.25) is 9.59 Å². The summed E-state index contributed by atoms with van der Waals surface area (Å²) in [6, 6.07) is 4.33. The van der Waals surface area contributed by atoms with Gasteiger partial charge in [-0.1, -0.05) is 61.4 Å². The third kappa shape index (κ3) is 8.21. The predicted molar refractivity (Wildman–Crippen MR) is 150 cm³/mol. The fourth-order valence-electron chi connectivity index (χ4n) is 4.66. The summed E-state index contributed by atoms with van der Waals surface area (Å²) < 4.78 is 10.6. The number of ether oxygens (including phenoxy) is 2. The van der Waals surface area contributed by atoms with Gasteiger partial charge < -0.3 is 25.2 Å². The van der Waals surface area contributed by atoms with E-state index in [1.165, 1.54) is 30.1 Å². The van der Waals surface area contributed by atoms with E-state index in [-0.39, 0.29) is 18.8 Å². The molecule has 0 radical (unpaired) electrons. The van der Waals surface area contributed by atoms with Crippen molar-refractivity contribution in [3.05, 3.63) is 82.5 Å². The molecule has 7 nitrogen and oxygen atoms in total. The van der Waals surface area contributed by atoms with Gasteiger partial charge in [0, 0.05) is 12.6 Å². The largest absolute Gasteiger partial charge is 0.454 e. The van der Waals surface area contributed by atoms with Crippen LogP contribution in [0.4, 0.5) is 0 Å². The van der Waals surface area contributed by atoms with Crippen molar-refractivity contribution in [2.24, 2.45) is 5.41 Å². The lowest BCUT2D eigenvalue weighted by molar-refractivity contribution is -0.128. The van der Waals surface area contributed by atoms with Crippen LogP contribution in [0.2, 0.25) is 0 Å². The molecule has 38 heavy (non-hydrogen) atoms. The summed E-state index contributed by atoms with van der Waals surface area (Å²) in [6.45, 7) is 10.6. The molecular weight excluding hydrogens is 480 g/mol. The monoisotopic (exact) mass is 520 g/mol. The van der Waals surface area contributed by atoms with Crippen LogP contribution in [0.3, 0.4) is 0 Å². The van der Waals surface area contributed by atoms with Crippen molar-refractivity contribution < 1.29 is 24.2 Å². The van der Waals surface area contributed by atoms with Crippen molar-refractivity contribution in [3.63, 3.8) is 0 Å².